The van der Waals surface area contributed by atoms with Crippen LogP contribution in [0.2, 0.25) is 0 Å². The normalized spacial score (nSPS) is 10.1. The summed E-state index contributed by atoms with van der Waals surface area (Å²) in [5.74, 6) is 0.338. The lowest BCUT2D eigenvalue weighted by Gasteiger charge is -2.06. The van der Waals surface area contributed by atoms with Crippen LogP contribution >= 0.6 is 11.6 Å². The number of halogens is 1. The van der Waals surface area contributed by atoms with Crippen LogP contribution < -0.4 is 5.32 Å². The van der Waals surface area contributed by atoms with Gasteiger partial charge < -0.3 is 10.4 Å². The molecule has 92 valence electrons. The molecule has 3 nitrogen and oxygen atoms in total. The second-order valence-electron chi connectivity index (χ2n) is 3.84. The Hall–Kier alpha value is -2.00. The van der Waals surface area contributed by atoms with Crippen LogP contribution in [0.3, 0.4) is 0 Å². The van der Waals surface area contributed by atoms with Crippen molar-refractivity contribution in [1.29, 1.82) is 0 Å². The van der Waals surface area contributed by atoms with Gasteiger partial charge in [0.2, 0.25) is 0 Å². The zero-order chi connectivity index (χ0) is 13.0. The maximum atomic E-state index is 12.0. The molecule has 0 heterocycles. The van der Waals surface area contributed by atoms with Crippen molar-refractivity contribution in [2.75, 3.05) is 5.32 Å². The number of hydrogen-bond donors (Lipinski definition) is 2. The minimum atomic E-state index is -0.201. The molecule has 0 unspecified atom stereocenters. The molecule has 2 aromatic carbocycles. The van der Waals surface area contributed by atoms with E-state index in [0.717, 1.165) is 5.56 Å². The quantitative estimate of drug-likeness (QED) is 0.657. The van der Waals surface area contributed by atoms with E-state index in [1.54, 1.807) is 30.3 Å². The van der Waals surface area contributed by atoms with Crippen LogP contribution in [0.25, 0.3) is 0 Å². The van der Waals surface area contributed by atoms with E-state index in [2.05, 4.69) is 5.32 Å². The molecule has 2 rings (SSSR count). The third-order valence-corrected chi connectivity index (χ3v) is 2.78. The van der Waals surface area contributed by atoms with Crippen LogP contribution in [0.4, 0.5) is 5.69 Å². The summed E-state index contributed by atoms with van der Waals surface area (Å²) in [7, 11) is 0. The summed E-state index contributed by atoms with van der Waals surface area (Å²) < 4.78 is 0. The van der Waals surface area contributed by atoms with Gasteiger partial charge >= 0.3 is 0 Å². The molecule has 2 aromatic rings. The lowest BCUT2D eigenvalue weighted by atomic mass is 10.1. The van der Waals surface area contributed by atoms with Crippen molar-refractivity contribution in [1.82, 2.24) is 0 Å². The van der Waals surface area contributed by atoms with Crippen LogP contribution in [0.15, 0.2) is 48.5 Å². The van der Waals surface area contributed by atoms with Crippen LogP contribution in [0.1, 0.15) is 15.9 Å². The first-order valence-electron chi connectivity index (χ1n) is 5.44. The Kier molecular flexibility index (Phi) is 3.85. The van der Waals surface area contributed by atoms with Gasteiger partial charge in [-0.3, -0.25) is 4.79 Å². The van der Waals surface area contributed by atoms with Gasteiger partial charge in [0.05, 0.1) is 0 Å². The van der Waals surface area contributed by atoms with E-state index in [0.29, 0.717) is 17.1 Å². The maximum Gasteiger partial charge on any atom is 0.255 e. The number of phenolic OH excluding ortho intramolecular Hbond substituents is 1. The molecule has 1 amide bonds. The number of carbonyl (C=O) groups is 1. The molecule has 0 fully saturated rings. The molecule has 4 heteroatoms. The van der Waals surface area contributed by atoms with Gasteiger partial charge in [-0.1, -0.05) is 12.1 Å². The molecule has 0 spiro atoms. The number of nitrogens with one attached hydrogen (secondary N) is 1. The highest BCUT2D eigenvalue weighted by atomic mass is 35.5. The molecule has 0 saturated heterocycles. The largest absolute Gasteiger partial charge is 0.508 e. The zero-order valence-electron chi connectivity index (χ0n) is 9.56. The molecule has 0 aliphatic rings. The Balaban J connectivity index is 2.14. The molecule has 0 saturated carbocycles. The van der Waals surface area contributed by atoms with Gasteiger partial charge in [0.25, 0.3) is 5.91 Å². The Morgan fingerprint density at radius 1 is 1.17 bits per heavy atom. The summed E-state index contributed by atoms with van der Waals surface area (Å²) in [5.41, 5.74) is 2.09. The van der Waals surface area contributed by atoms with Gasteiger partial charge in [-0.2, -0.15) is 0 Å². The predicted octanol–water partition coefficient (Wildman–Crippen LogP) is 3.38. The van der Waals surface area contributed by atoms with E-state index in [4.69, 9.17) is 16.7 Å². The molecule has 0 aromatic heterocycles. The summed E-state index contributed by atoms with van der Waals surface area (Å²) in [4.78, 5) is 12.0. The number of phenols is 1. The topological polar surface area (TPSA) is 49.3 Å². The number of hydrogen-bond acceptors (Lipinski definition) is 2. The van der Waals surface area contributed by atoms with Crippen molar-refractivity contribution >= 4 is 23.2 Å². The fourth-order valence-corrected chi connectivity index (χ4v) is 1.71. The second kappa shape index (κ2) is 5.56. The first-order valence-corrected chi connectivity index (χ1v) is 5.98. The number of amides is 1. The van der Waals surface area contributed by atoms with Crippen LogP contribution in [-0.2, 0) is 5.88 Å². The van der Waals surface area contributed by atoms with Crippen LogP contribution in [-0.4, -0.2) is 11.0 Å². The molecule has 0 atom stereocenters. The molecule has 0 aliphatic carbocycles. The summed E-state index contributed by atoms with van der Waals surface area (Å²) in [6.07, 6.45) is 0. The first kappa shape index (κ1) is 12.5. The molecular formula is C14H12ClNO2. The third-order valence-electron chi connectivity index (χ3n) is 2.47. The van der Waals surface area contributed by atoms with Gasteiger partial charge in [0.1, 0.15) is 5.75 Å². The summed E-state index contributed by atoms with van der Waals surface area (Å²) in [6.45, 7) is 0. The maximum absolute atomic E-state index is 12.0. The fraction of sp³-hybridized carbons (Fsp3) is 0.0714. The van der Waals surface area contributed by atoms with E-state index in [9.17, 15) is 4.79 Å². The second-order valence-corrected chi connectivity index (χ2v) is 4.10. The highest BCUT2D eigenvalue weighted by Crippen LogP contribution is 2.15. The average Bonchev–Trinajstić information content (AvgIpc) is 2.41. The summed E-state index contributed by atoms with van der Waals surface area (Å²) >= 11 is 5.72. The Morgan fingerprint density at radius 3 is 2.56 bits per heavy atom. The van der Waals surface area contributed by atoms with Crippen molar-refractivity contribution in [3.05, 3.63) is 59.7 Å². The number of carbonyl (C=O) groups excluding carboxylic acids is 1. The van der Waals surface area contributed by atoms with Gasteiger partial charge in [-0.05, 0) is 42.0 Å². The molecule has 0 bridgehead atoms. The minimum Gasteiger partial charge on any atom is -0.508 e. The molecule has 0 aliphatic heterocycles. The van der Waals surface area contributed by atoms with Gasteiger partial charge in [0, 0.05) is 17.1 Å². The summed E-state index contributed by atoms with van der Waals surface area (Å²) in [6, 6.07) is 13.5. The number of alkyl halides is 1. The van der Waals surface area contributed by atoms with E-state index >= 15 is 0 Å². The van der Waals surface area contributed by atoms with Crippen molar-refractivity contribution in [2.24, 2.45) is 0 Å². The van der Waals surface area contributed by atoms with E-state index in [-0.39, 0.29) is 11.7 Å². The van der Waals surface area contributed by atoms with E-state index in [1.807, 2.05) is 6.07 Å². The lowest BCUT2D eigenvalue weighted by Crippen LogP contribution is -2.11. The smallest absolute Gasteiger partial charge is 0.255 e. The van der Waals surface area contributed by atoms with E-state index < -0.39 is 0 Å². The average molecular weight is 262 g/mol. The van der Waals surface area contributed by atoms with Crippen LogP contribution in [0.5, 0.6) is 5.75 Å². The van der Waals surface area contributed by atoms with Crippen molar-refractivity contribution in [3.63, 3.8) is 0 Å². The Morgan fingerprint density at radius 2 is 1.89 bits per heavy atom. The zero-order valence-corrected chi connectivity index (χ0v) is 10.3. The highest BCUT2D eigenvalue weighted by Gasteiger charge is 2.06. The van der Waals surface area contributed by atoms with Crippen molar-refractivity contribution < 1.29 is 9.90 Å². The van der Waals surface area contributed by atoms with Gasteiger partial charge in [0.15, 0.2) is 0 Å². The number of aromatic hydroxyl groups is 1. The first-order chi connectivity index (χ1) is 8.69. The monoisotopic (exact) mass is 261 g/mol. The molecule has 2 N–H and O–H groups in total. The van der Waals surface area contributed by atoms with Crippen molar-refractivity contribution in [2.45, 2.75) is 5.88 Å². The minimum absolute atomic E-state index is 0.164. The number of benzene rings is 2. The van der Waals surface area contributed by atoms with Gasteiger partial charge in [-0.15, -0.1) is 11.6 Å². The Labute approximate surface area is 110 Å². The van der Waals surface area contributed by atoms with Crippen LogP contribution in [0, 0.1) is 0 Å². The highest BCUT2D eigenvalue weighted by molar-refractivity contribution is 6.17. The molecule has 18 heavy (non-hydrogen) atoms. The third kappa shape index (κ3) is 3.02. The SMILES string of the molecule is O=C(Nc1ccc(O)cc1)c1cccc(CCl)c1. The fourth-order valence-electron chi connectivity index (χ4n) is 1.54. The number of rotatable bonds is 3. The van der Waals surface area contributed by atoms with E-state index in [1.165, 1.54) is 12.1 Å². The Bertz CT molecular complexity index is 552. The number of anilines is 1. The molecule has 0 radical (unpaired) electrons. The lowest BCUT2D eigenvalue weighted by molar-refractivity contribution is 0.102. The predicted molar refractivity (Wildman–Crippen MR) is 72.1 cm³/mol. The summed E-state index contributed by atoms with van der Waals surface area (Å²) in [5, 5.41) is 11.9. The molecular weight excluding hydrogens is 250 g/mol. The van der Waals surface area contributed by atoms with Crippen molar-refractivity contribution in [3.8, 4) is 5.75 Å². The van der Waals surface area contributed by atoms with Gasteiger partial charge in [-0.25, -0.2) is 0 Å². The standard InChI is InChI=1S/C14H12ClNO2/c15-9-10-2-1-3-11(8-10)14(18)16-12-4-6-13(17)7-5-12/h1-8,17H,9H2,(H,16,18).